The molecule has 0 atom stereocenters. The van der Waals surface area contributed by atoms with E-state index in [9.17, 15) is 4.79 Å². The predicted molar refractivity (Wildman–Crippen MR) is 53.6 cm³/mol. The minimum atomic E-state index is -0.207. The van der Waals surface area contributed by atoms with E-state index in [0.29, 0.717) is 12.2 Å². The zero-order valence-corrected chi connectivity index (χ0v) is 8.96. The summed E-state index contributed by atoms with van der Waals surface area (Å²) >= 11 is 0. The molecule has 76 valence electrons. The van der Waals surface area contributed by atoms with Gasteiger partial charge in [0.15, 0.2) is 0 Å². The molecule has 0 aromatic rings. The molecule has 13 heavy (non-hydrogen) atoms. The first-order valence-electron chi connectivity index (χ1n) is 4.52. The highest BCUT2D eigenvalue weighted by atomic mass is 16.5. The van der Waals surface area contributed by atoms with Gasteiger partial charge >= 0.3 is 5.97 Å². The SMILES string of the molecule is CC=C(C)C(=O)OCCCN(C)C. The standard InChI is InChI=1S/C10H19NO2/c1-5-9(2)10(12)13-8-6-7-11(3)4/h5H,6-8H2,1-4H3. The second kappa shape index (κ2) is 6.66. The Morgan fingerprint density at radius 3 is 2.54 bits per heavy atom. The van der Waals surface area contributed by atoms with E-state index < -0.39 is 0 Å². The van der Waals surface area contributed by atoms with Crippen LogP contribution in [0.5, 0.6) is 0 Å². The molecule has 0 aliphatic carbocycles. The van der Waals surface area contributed by atoms with Crippen molar-refractivity contribution < 1.29 is 9.53 Å². The van der Waals surface area contributed by atoms with Crippen LogP contribution in [0.2, 0.25) is 0 Å². The van der Waals surface area contributed by atoms with Crippen molar-refractivity contribution >= 4 is 5.97 Å². The number of esters is 1. The average molecular weight is 185 g/mol. The smallest absolute Gasteiger partial charge is 0.333 e. The highest BCUT2D eigenvalue weighted by Crippen LogP contribution is 1.96. The molecular weight excluding hydrogens is 166 g/mol. The molecule has 0 saturated carbocycles. The molecule has 0 bridgehead atoms. The van der Waals surface area contributed by atoms with Crippen molar-refractivity contribution in [3.05, 3.63) is 11.6 Å². The molecule has 0 aliphatic heterocycles. The van der Waals surface area contributed by atoms with Gasteiger partial charge in [-0.3, -0.25) is 0 Å². The summed E-state index contributed by atoms with van der Waals surface area (Å²) in [4.78, 5) is 13.2. The highest BCUT2D eigenvalue weighted by molar-refractivity contribution is 5.87. The van der Waals surface area contributed by atoms with Gasteiger partial charge in [-0.25, -0.2) is 4.79 Å². The first-order valence-corrected chi connectivity index (χ1v) is 4.52. The van der Waals surface area contributed by atoms with Crippen molar-refractivity contribution in [1.29, 1.82) is 0 Å². The van der Waals surface area contributed by atoms with Gasteiger partial charge < -0.3 is 9.64 Å². The summed E-state index contributed by atoms with van der Waals surface area (Å²) in [5.74, 6) is -0.207. The maximum absolute atomic E-state index is 11.1. The fraction of sp³-hybridized carbons (Fsp3) is 0.700. The summed E-state index contributed by atoms with van der Waals surface area (Å²) in [5, 5.41) is 0. The van der Waals surface area contributed by atoms with Crippen molar-refractivity contribution in [1.82, 2.24) is 4.90 Å². The van der Waals surface area contributed by atoms with E-state index in [1.165, 1.54) is 0 Å². The zero-order valence-electron chi connectivity index (χ0n) is 8.96. The molecule has 0 aromatic heterocycles. The Balaban J connectivity index is 3.49. The Morgan fingerprint density at radius 2 is 2.08 bits per heavy atom. The van der Waals surface area contributed by atoms with E-state index in [0.717, 1.165) is 13.0 Å². The topological polar surface area (TPSA) is 29.5 Å². The zero-order chi connectivity index (χ0) is 10.3. The lowest BCUT2D eigenvalue weighted by molar-refractivity contribution is -0.139. The van der Waals surface area contributed by atoms with E-state index in [2.05, 4.69) is 4.90 Å². The number of hydrogen-bond donors (Lipinski definition) is 0. The second-order valence-electron chi connectivity index (χ2n) is 3.26. The molecule has 0 N–H and O–H groups in total. The molecule has 0 spiro atoms. The molecule has 0 amide bonds. The number of rotatable bonds is 5. The van der Waals surface area contributed by atoms with Crippen LogP contribution in [0.15, 0.2) is 11.6 Å². The first kappa shape index (κ1) is 12.2. The van der Waals surface area contributed by atoms with Gasteiger partial charge in [0.05, 0.1) is 6.61 Å². The van der Waals surface area contributed by atoms with Gasteiger partial charge in [0, 0.05) is 12.1 Å². The second-order valence-corrected chi connectivity index (χ2v) is 3.26. The highest BCUT2D eigenvalue weighted by Gasteiger charge is 2.03. The number of carbonyl (C=O) groups is 1. The monoisotopic (exact) mass is 185 g/mol. The number of ether oxygens (including phenoxy) is 1. The van der Waals surface area contributed by atoms with E-state index >= 15 is 0 Å². The minimum Gasteiger partial charge on any atom is -0.462 e. The van der Waals surface area contributed by atoms with Crippen LogP contribution < -0.4 is 0 Å². The van der Waals surface area contributed by atoms with Crippen LogP contribution in [0.4, 0.5) is 0 Å². The van der Waals surface area contributed by atoms with Gasteiger partial charge in [-0.1, -0.05) is 6.08 Å². The lowest BCUT2D eigenvalue weighted by Crippen LogP contribution is -2.16. The van der Waals surface area contributed by atoms with Crippen LogP contribution in [0, 0.1) is 0 Å². The fourth-order valence-electron chi connectivity index (χ4n) is 0.777. The fourth-order valence-corrected chi connectivity index (χ4v) is 0.777. The molecule has 0 rings (SSSR count). The van der Waals surface area contributed by atoms with Gasteiger partial charge in [0.1, 0.15) is 0 Å². The van der Waals surface area contributed by atoms with Crippen molar-refractivity contribution in [2.75, 3.05) is 27.2 Å². The quantitative estimate of drug-likeness (QED) is 0.369. The maximum atomic E-state index is 11.1. The number of carbonyl (C=O) groups excluding carboxylic acids is 1. The van der Waals surface area contributed by atoms with E-state index in [1.807, 2.05) is 21.0 Å². The lowest BCUT2D eigenvalue weighted by atomic mass is 10.3. The van der Waals surface area contributed by atoms with Crippen LogP contribution in [0.3, 0.4) is 0 Å². The van der Waals surface area contributed by atoms with Crippen LogP contribution in [0.25, 0.3) is 0 Å². The average Bonchev–Trinajstić information content (AvgIpc) is 2.10. The molecule has 0 saturated heterocycles. The van der Waals surface area contributed by atoms with Crippen LogP contribution >= 0.6 is 0 Å². The Bertz CT molecular complexity index is 185. The third kappa shape index (κ3) is 6.34. The molecule has 3 heteroatoms. The van der Waals surface area contributed by atoms with Crippen LogP contribution in [0.1, 0.15) is 20.3 Å². The Labute approximate surface area is 80.4 Å². The summed E-state index contributed by atoms with van der Waals surface area (Å²) in [6, 6.07) is 0. The maximum Gasteiger partial charge on any atom is 0.333 e. The Kier molecular flexibility index (Phi) is 6.24. The molecule has 0 fully saturated rings. The van der Waals surface area contributed by atoms with E-state index in [-0.39, 0.29) is 5.97 Å². The molecule has 0 unspecified atom stereocenters. The number of allylic oxidation sites excluding steroid dienone is 1. The third-order valence-electron chi connectivity index (χ3n) is 1.74. The number of hydrogen-bond acceptors (Lipinski definition) is 3. The van der Waals surface area contributed by atoms with Crippen molar-refractivity contribution in [2.45, 2.75) is 20.3 Å². The molecule has 0 aliphatic rings. The summed E-state index contributed by atoms with van der Waals surface area (Å²) in [7, 11) is 4.00. The van der Waals surface area contributed by atoms with Crippen molar-refractivity contribution in [3.63, 3.8) is 0 Å². The van der Waals surface area contributed by atoms with Gasteiger partial charge in [0.2, 0.25) is 0 Å². The van der Waals surface area contributed by atoms with E-state index in [1.54, 1.807) is 13.0 Å². The summed E-state index contributed by atoms with van der Waals surface area (Å²) in [6.45, 7) is 5.04. The molecule has 0 heterocycles. The molecule has 3 nitrogen and oxygen atoms in total. The van der Waals surface area contributed by atoms with Crippen LogP contribution in [-0.2, 0) is 9.53 Å². The van der Waals surface area contributed by atoms with Gasteiger partial charge in [0.25, 0.3) is 0 Å². The van der Waals surface area contributed by atoms with Crippen LogP contribution in [-0.4, -0.2) is 38.1 Å². The summed E-state index contributed by atoms with van der Waals surface area (Å²) in [6.07, 6.45) is 2.64. The largest absolute Gasteiger partial charge is 0.462 e. The van der Waals surface area contributed by atoms with E-state index in [4.69, 9.17) is 4.74 Å². The normalized spacial score (nSPS) is 11.9. The Hall–Kier alpha value is -0.830. The summed E-state index contributed by atoms with van der Waals surface area (Å²) < 4.78 is 5.01. The lowest BCUT2D eigenvalue weighted by Gasteiger charge is -2.09. The van der Waals surface area contributed by atoms with Gasteiger partial charge in [-0.15, -0.1) is 0 Å². The Morgan fingerprint density at radius 1 is 1.46 bits per heavy atom. The summed E-state index contributed by atoms with van der Waals surface area (Å²) in [5.41, 5.74) is 0.671. The van der Waals surface area contributed by atoms with Gasteiger partial charge in [-0.2, -0.15) is 0 Å². The molecule has 0 radical (unpaired) electrons. The third-order valence-corrected chi connectivity index (χ3v) is 1.74. The number of nitrogens with zero attached hydrogens (tertiary/aromatic N) is 1. The van der Waals surface area contributed by atoms with Crippen molar-refractivity contribution in [3.8, 4) is 0 Å². The minimum absolute atomic E-state index is 0.207. The predicted octanol–water partition coefficient (Wildman–Crippen LogP) is 1.45. The van der Waals surface area contributed by atoms with Crippen molar-refractivity contribution in [2.24, 2.45) is 0 Å². The first-order chi connectivity index (χ1) is 6.07. The van der Waals surface area contributed by atoms with Gasteiger partial charge in [-0.05, 0) is 34.4 Å². The molecule has 0 aromatic carbocycles. The molecular formula is C10H19NO2.